The second-order valence-electron chi connectivity index (χ2n) is 8.38. The molecule has 0 spiro atoms. The molecule has 1 heterocycles. The zero-order valence-corrected chi connectivity index (χ0v) is 19.0. The Morgan fingerprint density at radius 3 is 2.39 bits per heavy atom. The van der Waals surface area contributed by atoms with Crippen LogP contribution in [0.4, 0.5) is 0 Å². The van der Waals surface area contributed by atoms with E-state index in [2.05, 4.69) is 90.5 Å². The Bertz CT molecular complexity index is 1250. The fourth-order valence-corrected chi connectivity index (χ4v) is 4.25. The van der Waals surface area contributed by atoms with Gasteiger partial charge < -0.3 is 14.9 Å². The summed E-state index contributed by atoms with van der Waals surface area (Å²) in [5.74, 6) is 0. The van der Waals surface area contributed by atoms with Crippen molar-refractivity contribution in [3.8, 4) is 0 Å². The Morgan fingerprint density at radius 1 is 0.871 bits per heavy atom. The molecule has 0 saturated carbocycles. The zero-order valence-electron chi connectivity index (χ0n) is 19.0. The maximum atomic E-state index is 4.88. The summed E-state index contributed by atoms with van der Waals surface area (Å²) in [5, 5.41) is 13.8. The quantitative estimate of drug-likeness (QED) is 0.264. The number of hydrogen-bond donors (Lipinski definition) is 1. The molecule has 0 atom stereocenters. The summed E-state index contributed by atoms with van der Waals surface area (Å²) in [4.78, 5) is 0. The van der Waals surface area contributed by atoms with Crippen LogP contribution in [-0.4, -0.2) is 30.2 Å². The third kappa shape index (κ3) is 4.49. The van der Waals surface area contributed by atoms with E-state index in [4.69, 9.17) is 5.10 Å². The molecule has 4 aromatic rings. The molecule has 0 aliphatic carbocycles. The molecule has 4 heteroatoms. The van der Waals surface area contributed by atoms with Gasteiger partial charge in [0.05, 0.1) is 11.0 Å². The van der Waals surface area contributed by atoms with Gasteiger partial charge in [0.15, 0.2) is 0 Å². The number of aryl methyl sites for hydroxylation is 3. The van der Waals surface area contributed by atoms with Gasteiger partial charge in [0.25, 0.3) is 0 Å². The predicted octanol–water partition coefficient (Wildman–Crippen LogP) is 4.97. The van der Waals surface area contributed by atoms with Crippen LogP contribution in [-0.2, 0) is 13.1 Å². The SMILES string of the molecule is Cc1ccc2/c(=N/N(C)C)c3ccccc3n(CCCNCc3ccccc3)c2c1C. The van der Waals surface area contributed by atoms with Crippen LogP contribution < -0.4 is 10.7 Å². The number of nitrogens with one attached hydrogen (secondary N) is 1. The molecule has 0 aliphatic rings. The lowest BCUT2D eigenvalue weighted by atomic mass is 10.0. The van der Waals surface area contributed by atoms with E-state index in [1.807, 2.05) is 19.1 Å². The average molecular weight is 413 g/mol. The van der Waals surface area contributed by atoms with Gasteiger partial charge in [-0.1, -0.05) is 60.7 Å². The molecule has 1 N–H and O–H groups in total. The van der Waals surface area contributed by atoms with Crippen molar-refractivity contribution in [1.29, 1.82) is 0 Å². The summed E-state index contributed by atoms with van der Waals surface area (Å²) in [6.45, 7) is 7.28. The first-order valence-corrected chi connectivity index (χ1v) is 11.0. The molecule has 0 saturated heterocycles. The number of hydrogen-bond acceptors (Lipinski definition) is 3. The molecule has 31 heavy (non-hydrogen) atoms. The number of nitrogens with zero attached hydrogens (tertiary/aromatic N) is 3. The number of fused-ring (bicyclic) bond motifs is 2. The molecule has 0 bridgehead atoms. The van der Waals surface area contributed by atoms with E-state index < -0.39 is 0 Å². The summed E-state index contributed by atoms with van der Waals surface area (Å²) in [6, 6.07) is 23.7. The standard InChI is InChI=1S/C27H32N4/c1-20-15-16-24-26(29-30(3)4)23-13-8-9-14-25(23)31(27(24)21(20)2)18-10-17-28-19-22-11-6-5-7-12-22/h5-9,11-16,28H,10,17-19H2,1-4H3/b29-26+. The van der Waals surface area contributed by atoms with E-state index in [1.165, 1.54) is 38.5 Å². The minimum Gasteiger partial charge on any atom is -0.340 e. The fraction of sp³-hybridized carbons (Fsp3) is 0.296. The van der Waals surface area contributed by atoms with Crippen molar-refractivity contribution in [2.75, 3.05) is 20.6 Å². The molecular formula is C27H32N4. The van der Waals surface area contributed by atoms with E-state index in [1.54, 1.807) is 0 Å². The topological polar surface area (TPSA) is 32.6 Å². The van der Waals surface area contributed by atoms with Crippen molar-refractivity contribution < 1.29 is 0 Å². The fourth-order valence-electron chi connectivity index (χ4n) is 4.25. The van der Waals surface area contributed by atoms with Crippen LogP contribution >= 0.6 is 0 Å². The minimum absolute atomic E-state index is 0.909. The third-order valence-corrected chi connectivity index (χ3v) is 5.88. The van der Waals surface area contributed by atoms with Crippen molar-refractivity contribution in [2.24, 2.45) is 5.10 Å². The maximum absolute atomic E-state index is 4.88. The van der Waals surface area contributed by atoms with Gasteiger partial charge in [-0.3, -0.25) is 0 Å². The van der Waals surface area contributed by atoms with Crippen LogP contribution in [0.15, 0.2) is 71.8 Å². The van der Waals surface area contributed by atoms with Gasteiger partial charge in [0.2, 0.25) is 0 Å². The van der Waals surface area contributed by atoms with Gasteiger partial charge in [-0.05, 0) is 49.6 Å². The highest BCUT2D eigenvalue weighted by Crippen LogP contribution is 2.25. The first kappa shape index (κ1) is 21.1. The summed E-state index contributed by atoms with van der Waals surface area (Å²) < 4.78 is 2.49. The van der Waals surface area contributed by atoms with Gasteiger partial charge >= 0.3 is 0 Å². The largest absolute Gasteiger partial charge is 0.340 e. The molecule has 4 nitrogen and oxygen atoms in total. The molecule has 0 amide bonds. The van der Waals surface area contributed by atoms with E-state index in [9.17, 15) is 0 Å². The van der Waals surface area contributed by atoms with Gasteiger partial charge in [-0.25, -0.2) is 0 Å². The number of benzene rings is 3. The van der Waals surface area contributed by atoms with Crippen molar-refractivity contribution in [1.82, 2.24) is 14.9 Å². The van der Waals surface area contributed by atoms with Crippen molar-refractivity contribution in [3.63, 3.8) is 0 Å². The third-order valence-electron chi connectivity index (χ3n) is 5.88. The first-order chi connectivity index (χ1) is 15.1. The molecule has 0 unspecified atom stereocenters. The Balaban J connectivity index is 1.72. The van der Waals surface area contributed by atoms with Gasteiger partial charge in [0.1, 0.15) is 5.36 Å². The molecule has 1 aromatic heterocycles. The normalized spacial score (nSPS) is 12.1. The van der Waals surface area contributed by atoms with Crippen LogP contribution in [0.25, 0.3) is 21.8 Å². The Hall–Kier alpha value is -3.11. The van der Waals surface area contributed by atoms with E-state index in [0.717, 1.165) is 31.4 Å². The Kier molecular flexibility index (Phi) is 6.38. The van der Waals surface area contributed by atoms with E-state index >= 15 is 0 Å². The van der Waals surface area contributed by atoms with E-state index in [-0.39, 0.29) is 0 Å². The number of aromatic nitrogens is 1. The second kappa shape index (κ2) is 9.36. The lowest BCUT2D eigenvalue weighted by Gasteiger charge is -2.20. The lowest BCUT2D eigenvalue weighted by Crippen LogP contribution is -2.20. The summed E-state index contributed by atoms with van der Waals surface area (Å²) in [5.41, 5.74) is 6.51. The second-order valence-corrected chi connectivity index (χ2v) is 8.38. The smallest absolute Gasteiger partial charge is 0.102 e. The van der Waals surface area contributed by atoms with Crippen molar-refractivity contribution in [2.45, 2.75) is 33.4 Å². The lowest BCUT2D eigenvalue weighted by molar-refractivity contribution is 0.423. The van der Waals surface area contributed by atoms with Crippen molar-refractivity contribution in [3.05, 3.63) is 88.8 Å². The highest BCUT2D eigenvalue weighted by molar-refractivity contribution is 5.95. The Labute approximate surface area is 184 Å². The number of rotatable bonds is 7. The number of para-hydroxylation sites is 1. The Morgan fingerprint density at radius 2 is 1.61 bits per heavy atom. The summed E-state index contributed by atoms with van der Waals surface area (Å²) in [6.07, 6.45) is 1.06. The van der Waals surface area contributed by atoms with Crippen LogP contribution in [0.1, 0.15) is 23.1 Å². The maximum Gasteiger partial charge on any atom is 0.102 e. The van der Waals surface area contributed by atoms with Gasteiger partial charge in [-0.2, -0.15) is 5.10 Å². The van der Waals surface area contributed by atoms with Gasteiger partial charge in [0, 0.05) is 38.0 Å². The predicted molar refractivity (Wildman–Crippen MR) is 131 cm³/mol. The van der Waals surface area contributed by atoms with Crippen LogP contribution in [0.3, 0.4) is 0 Å². The molecule has 3 aromatic carbocycles. The van der Waals surface area contributed by atoms with Crippen molar-refractivity contribution >= 4 is 21.8 Å². The first-order valence-electron chi connectivity index (χ1n) is 11.0. The van der Waals surface area contributed by atoms with Gasteiger partial charge in [-0.15, -0.1) is 0 Å². The monoisotopic (exact) mass is 412 g/mol. The molecule has 160 valence electrons. The highest BCUT2D eigenvalue weighted by Gasteiger charge is 2.13. The van der Waals surface area contributed by atoms with Crippen LogP contribution in [0.2, 0.25) is 0 Å². The molecule has 4 rings (SSSR count). The average Bonchev–Trinajstić information content (AvgIpc) is 2.78. The molecular weight excluding hydrogens is 380 g/mol. The summed E-state index contributed by atoms with van der Waals surface area (Å²) >= 11 is 0. The molecule has 0 radical (unpaired) electrons. The minimum atomic E-state index is 0.909. The van der Waals surface area contributed by atoms with Crippen LogP contribution in [0.5, 0.6) is 0 Å². The van der Waals surface area contributed by atoms with Crippen LogP contribution in [0, 0.1) is 13.8 Å². The summed E-state index contributed by atoms with van der Waals surface area (Å²) in [7, 11) is 3.97. The van der Waals surface area contributed by atoms with E-state index in [0.29, 0.717) is 0 Å². The number of pyridine rings is 1. The zero-order chi connectivity index (χ0) is 21.8. The molecule has 0 aliphatic heterocycles. The molecule has 0 fully saturated rings. The highest BCUT2D eigenvalue weighted by atomic mass is 15.4.